The third-order valence-electron chi connectivity index (χ3n) is 5.83. The van der Waals surface area contributed by atoms with Gasteiger partial charge in [0.2, 0.25) is 5.91 Å². The van der Waals surface area contributed by atoms with E-state index in [1.165, 1.54) is 4.90 Å². The monoisotopic (exact) mass is 546 g/mol. The van der Waals surface area contributed by atoms with Gasteiger partial charge in [0.15, 0.2) is 0 Å². The molecule has 0 saturated heterocycles. The lowest BCUT2D eigenvalue weighted by molar-refractivity contribution is -0.122. The summed E-state index contributed by atoms with van der Waals surface area (Å²) < 4.78 is 16.7. The number of amides is 4. The van der Waals surface area contributed by atoms with Crippen molar-refractivity contribution < 1.29 is 28.6 Å². The predicted octanol–water partition coefficient (Wildman–Crippen LogP) is 3.80. The first-order chi connectivity index (χ1) is 19.2. The van der Waals surface area contributed by atoms with Crippen molar-refractivity contribution in [1.29, 1.82) is 0 Å². The molecule has 0 fully saturated rings. The quantitative estimate of drug-likeness (QED) is 0.180. The van der Waals surface area contributed by atoms with Crippen molar-refractivity contribution in [3.63, 3.8) is 0 Å². The van der Waals surface area contributed by atoms with Crippen LogP contribution in [0.2, 0.25) is 0 Å². The summed E-state index contributed by atoms with van der Waals surface area (Å²) in [5.41, 5.74) is 7.93. The molecular formula is C30H34N4O6. The number of nitrogens with two attached hydrogens (primary N) is 1. The number of hydrogen-bond acceptors (Lipinski definition) is 6. The summed E-state index contributed by atoms with van der Waals surface area (Å²) in [6.45, 7) is -0.00389. The molecular weight excluding hydrogens is 512 g/mol. The third-order valence-corrected chi connectivity index (χ3v) is 5.83. The molecule has 0 unspecified atom stereocenters. The third kappa shape index (κ3) is 8.80. The molecule has 0 heterocycles. The highest BCUT2D eigenvalue weighted by molar-refractivity contribution is 6.24. The number of ether oxygens (including phenoxy) is 3. The predicted molar refractivity (Wildman–Crippen MR) is 153 cm³/mol. The molecule has 4 amide bonds. The fourth-order valence-electron chi connectivity index (χ4n) is 3.73. The Morgan fingerprint density at radius 3 is 1.93 bits per heavy atom. The van der Waals surface area contributed by atoms with E-state index in [0.29, 0.717) is 35.0 Å². The molecule has 0 aliphatic heterocycles. The Hall–Kier alpha value is -4.99. The van der Waals surface area contributed by atoms with Crippen molar-refractivity contribution >= 4 is 29.5 Å². The number of likely N-dealkylation sites (N-methyl/N-ethyl adjacent to an activating group) is 1. The van der Waals surface area contributed by atoms with Crippen molar-refractivity contribution in [2.24, 2.45) is 5.73 Å². The van der Waals surface area contributed by atoms with Gasteiger partial charge >= 0.3 is 6.03 Å². The molecule has 10 heteroatoms. The molecule has 0 radical (unpaired) electrons. The second-order valence-corrected chi connectivity index (χ2v) is 8.99. The summed E-state index contributed by atoms with van der Waals surface area (Å²) in [6.07, 6.45) is 2.61. The number of carbonyl (C=O) groups is 3. The Kier molecular flexibility index (Phi) is 10.5. The average Bonchev–Trinajstić information content (AvgIpc) is 2.95. The average molecular weight is 547 g/mol. The van der Waals surface area contributed by atoms with Crippen LogP contribution in [0.1, 0.15) is 23.1 Å². The molecule has 0 atom stereocenters. The minimum atomic E-state index is -0.696. The normalized spacial score (nSPS) is 10.8. The van der Waals surface area contributed by atoms with Gasteiger partial charge in [-0.15, -0.1) is 0 Å². The Morgan fingerprint density at radius 1 is 0.825 bits per heavy atom. The first-order valence-corrected chi connectivity index (χ1v) is 12.5. The van der Waals surface area contributed by atoms with Crippen molar-refractivity contribution in [3.05, 3.63) is 83.4 Å². The van der Waals surface area contributed by atoms with Gasteiger partial charge in [0.25, 0.3) is 5.91 Å². The summed E-state index contributed by atoms with van der Waals surface area (Å²) in [6, 6.07) is 19.4. The van der Waals surface area contributed by atoms with Gasteiger partial charge in [-0.25, -0.2) is 4.79 Å². The van der Waals surface area contributed by atoms with Crippen molar-refractivity contribution in [2.75, 3.05) is 35.0 Å². The summed E-state index contributed by atoms with van der Waals surface area (Å²) in [7, 11) is 6.57. The van der Waals surface area contributed by atoms with Gasteiger partial charge in [0.1, 0.15) is 23.0 Å². The van der Waals surface area contributed by atoms with Crippen LogP contribution >= 0.6 is 0 Å². The molecule has 0 aromatic heterocycles. The van der Waals surface area contributed by atoms with Crippen LogP contribution in [-0.4, -0.2) is 57.7 Å². The highest BCUT2D eigenvalue weighted by atomic mass is 16.5. The molecule has 0 spiro atoms. The highest BCUT2D eigenvalue weighted by Crippen LogP contribution is 2.29. The molecule has 0 bridgehead atoms. The molecule has 0 aliphatic rings. The first-order valence-electron chi connectivity index (χ1n) is 12.5. The molecule has 210 valence electrons. The number of rotatable bonds is 12. The lowest BCUT2D eigenvalue weighted by Gasteiger charge is -2.15. The second kappa shape index (κ2) is 14.2. The number of aryl methyl sites for hydroxylation is 1. The maximum absolute atomic E-state index is 13.1. The van der Waals surface area contributed by atoms with Crippen LogP contribution in [0.15, 0.2) is 66.7 Å². The number of carbonyl (C=O) groups excluding carboxylic acids is 3. The van der Waals surface area contributed by atoms with Crippen molar-refractivity contribution in [2.45, 2.75) is 12.8 Å². The fraction of sp³-hybridized carbons (Fsp3) is 0.233. The van der Waals surface area contributed by atoms with Gasteiger partial charge in [-0.3, -0.25) is 9.59 Å². The molecule has 3 aromatic carbocycles. The lowest BCUT2D eigenvalue weighted by Crippen LogP contribution is -2.39. The van der Waals surface area contributed by atoms with E-state index >= 15 is 0 Å². The zero-order chi connectivity index (χ0) is 29.1. The molecule has 10 nitrogen and oxygen atoms in total. The summed E-state index contributed by atoms with van der Waals surface area (Å²) in [5, 5.41) is 4.87. The second-order valence-electron chi connectivity index (χ2n) is 8.99. The number of primary amides is 1. The summed E-state index contributed by atoms with van der Waals surface area (Å²) in [5.74, 6) is 2.15. The maximum atomic E-state index is 13.1. The van der Waals surface area contributed by atoms with Crippen LogP contribution in [0.5, 0.6) is 23.0 Å². The standard InChI is InChI=1S/C30H34N4O6/c1-34(2)29(36)27(17-21-15-25(38-3)18-26(16-21)39-4)22-8-12-24(13-9-22)40-23-10-5-20(6-11-23)7-14-28(35)32-19-33-30(31)37/h5-6,8-13,15-18H,7,14,19H2,1-4H3,(H,32,35)(H3,31,33,37)/b27-17-. The van der Waals surface area contributed by atoms with Crippen LogP contribution in [0, 0.1) is 0 Å². The Bertz CT molecular complexity index is 1330. The van der Waals surface area contributed by atoms with Gasteiger partial charge in [-0.05, 0) is 65.6 Å². The van der Waals surface area contributed by atoms with E-state index in [1.807, 2.05) is 48.5 Å². The SMILES string of the molecule is COc1cc(/C=C(\C(=O)N(C)C)c2ccc(Oc3ccc(CCC(=O)NCNC(N)=O)cc3)cc2)cc(OC)c1. The zero-order valence-electron chi connectivity index (χ0n) is 23.0. The van der Waals surface area contributed by atoms with Crippen LogP contribution in [0.25, 0.3) is 11.6 Å². The number of benzene rings is 3. The van der Waals surface area contributed by atoms with E-state index in [4.69, 9.17) is 19.9 Å². The fourth-order valence-corrected chi connectivity index (χ4v) is 3.73. The van der Waals surface area contributed by atoms with E-state index in [-0.39, 0.29) is 24.9 Å². The Morgan fingerprint density at radius 2 is 1.40 bits per heavy atom. The largest absolute Gasteiger partial charge is 0.497 e. The molecule has 0 saturated carbocycles. The number of urea groups is 1. The van der Waals surface area contributed by atoms with Crippen LogP contribution in [-0.2, 0) is 16.0 Å². The summed E-state index contributed by atoms with van der Waals surface area (Å²) in [4.78, 5) is 37.1. The van der Waals surface area contributed by atoms with Gasteiger partial charge in [0, 0.05) is 32.2 Å². The zero-order valence-corrected chi connectivity index (χ0v) is 23.0. The van der Waals surface area contributed by atoms with Crippen LogP contribution in [0.4, 0.5) is 4.79 Å². The molecule has 3 rings (SSSR count). The van der Waals surface area contributed by atoms with Gasteiger partial charge < -0.3 is 35.5 Å². The Balaban J connectivity index is 1.69. The van der Waals surface area contributed by atoms with Crippen LogP contribution in [0.3, 0.4) is 0 Å². The van der Waals surface area contributed by atoms with Gasteiger partial charge in [-0.1, -0.05) is 24.3 Å². The molecule has 4 N–H and O–H groups in total. The number of nitrogens with one attached hydrogen (secondary N) is 2. The van der Waals surface area contributed by atoms with E-state index in [9.17, 15) is 14.4 Å². The summed E-state index contributed by atoms with van der Waals surface area (Å²) >= 11 is 0. The smallest absolute Gasteiger partial charge is 0.313 e. The maximum Gasteiger partial charge on any atom is 0.313 e. The molecule has 0 aliphatic carbocycles. The minimum Gasteiger partial charge on any atom is -0.497 e. The highest BCUT2D eigenvalue weighted by Gasteiger charge is 2.15. The number of nitrogens with zero attached hydrogens (tertiary/aromatic N) is 1. The first kappa shape index (κ1) is 29.6. The van der Waals surface area contributed by atoms with E-state index in [1.54, 1.807) is 52.6 Å². The van der Waals surface area contributed by atoms with Crippen molar-refractivity contribution in [1.82, 2.24) is 15.5 Å². The van der Waals surface area contributed by atoms with E-state index in [2.05, 4.69) is 10.6 Å². The van der Waals surface area contributed by atoms with E-state index in [0.717, 1.165) is 16.7 Å². The van der Waals surface area contributed by atoms with Crippen molar-refractivity contribution in [3.8, 4) is 23.0 Å². The Labute approximate surface area is 233 Å². The topological polar surface area (TPSA) is 132 Å². The van der Waals surface area contributed by atoms with Crippen LogP contribution < -0.4 is 30.6 Å². The number of methoxy groups -OCH3 is 2. The van der Waals surface area contributed by atoms with E-state index < -0.39 is 6.03 Å². The lowest BCUT2D eigenvalue weighted by atomic mass is 10.0. The number of hydrogen-bond donors (Lipinski definition) is 3. The van der Waals surface area contributed by atoms with Gasteiger partial charge in [0.05, 0.1) is 20.9 Å². The molecule has 3 aromatic rings. The van der Waals surface area contributed by atoms with Gasteiger partial charge in [-0.2, -0.15) is 0 Å². The minimum absolute atomic E-state index is 0.00389. The molecule has 40 heavy (non-hydrogen) atoms.